The monoisotopic (exact) mass is 413 g/mol. The third-order valence-electron chi connectivity index (χ3n) is 3.95. The van der Waals surface area contributed by atoms with Crippen LogP contribution in [0.1, 0.15) is 5.69 Å². The number of anilines is 1. The van der Waals surface area contributed by atoms with Crippen LogP contribution in [-0.2, 0) is 21.2 Å². The van der Waals surface area contributed by atoms with Crippen LogP contribution in [0.15, 0.2) is 83.7 Å². The summed E-state index contributed by atoms with van der Waals surface area (Å²) in [6.07, 6.45) is 7.13. The molecule has 0 unspecified atom stereocenters. The summed E-state index contributed by atoms with van der Waals surface area (Å²) in [4.78, 5) is 22.1. The van der Waals surface area contributed by atoms with Crippen LogP contribution in [0, 0.1) is 0 Å². The molecule has 0 aliphatic rings. The Morgan fingerprint density at radius 3 is 2.28 bits per heavy atom. The van der Waals surface area contributed by atoms with Crippen LogP contribution in [0.25, 0.3) is 0 Å². The molecule has 0 atom stereocenters. The van der Waals surface area contributed by atoms with Crippen molar-refractivity contribution in [2.45, 2.75) is 16.3 Å². The maximum Gasteiger partial charge on any atom is 0.253 e. The van der Waals surface area contributed by atoms with Gasteiger partial charge < -0.3 is 15.5 Å². The van der Waals surface area contributed by atoms with Crippen LogP contribution in [-0.4, -0.2) is 43.3 Å². The molecule has 9 heteroatoms. The molecule has 2 aromatic heterocycles. The van der Waals surface area contributed by atoms with Gasteiger partial charge in [0.2, 0.25) is 9.84 Å². The van der Waals surface area contributed by atoms with Crippen LogP contribution in [0.4, 0.5) is 5.82 Å². The summed E-state index contributed by atoms with van der Waals surface area (Å²) in [5, 5.41) is 5.54. The zero-order chi connectivity index (χ0) is 21.4. The highest BCUT2D eigenvalue weighted by Gasteiger charge is 2.18. The van der Waals surface area contributed by atoms with E-state index in [1.807, 2.05) is 0 Å². The van der Waals surface area contributed by atoms with Gasteiger partial charge >= 0.3 is 0 Å². The molecule has 0 saturated carbocycles. The third-order valence-corrected chi connectivity index (χ3v) is 5.68. The van der Waals surface area contributed by atoms with Gasteiger partial charge in [0, 0.05) is 32.7 Å². The fourth-order valence-corrected chi connectivity index (χ4v) is 3.40. The highest BCUT2D eigenvalue weighted by molar-refractivity contribution is 7.91. The molecule has 0 aliphatic carbocycles. The molecule has 0 aromatic carbocycles. The number of pyridine rings is 2. The molecule has 0 spiro atoms. The minimum absolute atomic E-state index is 0.0471. The Balaban J connectivity index is 2.09. The molecule has 0 saturated heterocycles. The first kappa shape index (κ1) is 21.8. The summed E-state index contributed by atoms with van der Waals surface area (Å²) >= 11 is 0. The van der Waals surface area contributed by atoms with Crippen molar-refractivity contribution in [3.05, 3.63) is 79.6 Å². The van der Waals surface area contributed by atoms with Gasteiger partial charge in [0.15, 0.2) is 0 Å². The Labute approximate surface area is 170 Å². The minimum atomic E-state index is -3.72. The Morgan fingerprint density at radius 2 is 1.79 bits per heavy atom. The van der Waals surface area contributed by atoms with Gasteiger partial charge in [-0.1, -0.05) is 19.2 Å². The smallest absolute Gasteiger partial charge is 0.253 e. The first-order chi connectivity index (χ1) is 13.8. The van der Waals surface area contributed by atoms with E-state index < -0.39 is 9.84 Å². The van der Waals surface area contributed by atoms with Crippen molar-refractivity contribution < 1.29 is 13.2 Å². The van der Waals surface area contributed by atoms with Crippen LogP contribution in [0.2, 0.25) is 0 Å². The molecule has 1 amide bonds. The average Bonchev–Trinajstić information content (AvgIpc) is 2.75. The van der Waals surface area contributed by atoms with E-state index in [0.717, 1.165) is 0 Å². The highest BCUT2D eigenvalue weighted by Crippen LogP contribution is 2.20. The molecule has 0 fully saturated rings. The van der Waals surface area contributed by atoms with E-state index in [1.54, 1.807) is 43.5 Å². The van der Waals surface area contributed by atoms with Crippen molar-refractivity contribution in [2.24, 2.45) is 0 Å². The van der Waals surface area contributed by atoms with Gasteiger partial charge in [-0.2, -0.15) is 0 Å². The summed E-state index contributed by atoms with van der Waals surface area (Å²) in [5.74, 6) is 0.239. The lowest BCUT2D eigenvalue weighted by Crippen LogP contribution is -2.25. The fourth-order valence-electron chi connectivity index (χ4n) is 2.25. The first-order valence-corrected chi connectivity index (χ1v) is 10.1. The average molecular weight is 414 g/mol. The molecule has 8 nitrogen and oxygen atoms in total. The SMILES string of the molecule is C=C/C(=C\N(C)C=C)C(=O)NCc1ccc(S(=O)(=O)c2ccc(NC)nc2)cn1. The lowest BCUT2D eigenvalue weighted by molar-refractivity contribution is -0.117. The topological polar surface area (TPSA) is 104 Å². The van der Waals surface area contributed by atoms with Crippen molar-refractivity contribution in [1.82, 2.24) is 20.2 Å². The molecule has 0 radical (unpaired) electrons. The summed E-state index contributed by atoms with van der Waals surface area (Å²) < 4.78 is 25.3. The second-order valence-electron chi connectivity index (χ2n) is 5.94. The molecule has 2 heterocycles. The van der Waals surface area contributed by atoms with Crippen LogP contribution in [0.3, 0.4) is 0 Å². The molecule has 2 rings (SSSR count). The Kier molecular flexibility index (Phi) is 7.27. The van der Waals surface area contributed by atoms with Gasteiger partial charge in [-0.3, -0.25) is 9.78 Å². The number of sulfone groups is 1. The van der Waals surface area contributed by atoms with Crippen molar-refractivity contribution in [2.75, 3.05) is 19.4 Å². The minimum Gasteiger partial charge on any atom is -0.373 e. The van der Waals surface area contributed by atoms with Crippen LogP contribution >= 0.6 is 0 Å². The zero-order valence-electron chi connectivity index (χ0n) is 16.3. The number of amides is 1. The maximum atomic E-state index is 12.7. The largest absolute Gasteiger partial charge is 0.373 e. The van der Waals surface area contributed by atoms with E-state index in [2.05, 4.69) is 33.8 Å². The number of carbonyl (C=O) groups excluding carboxylic acids is 1. The van der Waals surface area contributed by atoms with E-state index in [9.17, 15) is 13.2 Å². The van der Waals surface area contributed by atoms with Crippen molar-refractivity contribution in [3.8, 4) is 0 Å². The van der Waals surface area contributed by atoms with Crippen molar-refractivity contribution in [3.63, 3.8) is 0 Å². The van der Waals surface area contributed by atoms with Gasteiger partial charge in [0.05, 0.1) is 27.6 Å². The number of aromatic nitrogens is 2. The molecular weight excluding hydrogens is 390 g/mol. The number of rotatable bonds is 9. The van der Waals surface area contributed by atoms with Crippen LogP contribution < -0.4 is 10.6 Å². The summed E-state index contributed by atoms with van der Waals surface area (Å²) in [5.41, 5.74) is 0.880. The van der Waals surface area contributed by atoms with Crippen molar-refractivity contribution in [1.29, 1.82) is 0 Å². The molecule has 2 N–H and O–H groups in total. The highest BCUT2D eigenvalue weighted by atomic mass is 32.2. The zero-order valence-corrected chi connectivity index (χ0v) is 17.1. The summed E-state index contributed by atoms with van der Waals surface area (Å²) in [6.45, 7) is 7.37. The van der Waals surface area contributed by atoms with E-state index in [1.165, 1.54) is 30.6 Å². The predicted octanol–water partition coefficient (Wildman–Crippen LogP) is 2.11. The lowest BCUT2D eigenvalue weighted by Gasteiger charge is -2.10. The first-order valence-electron chi connectivity index (χ1n) is 8.62. The second kappa shape index (κ2) is 9.65. The van der Waals surface area contributed by atoms with Crippen LogP contribution in [0.5, 0.6) is 0 Å². The third kappa shape index (κ3) is 5.52. The lowest BCUT2D eigenvalue weighted by atomic mass is 10.2. The molecular formula is C20H23N5O3S. The molecule has 2 aromatic rings. The van der Waals surface area contributed by atoms with E-state index >= 15 is 0 Å². The number of nitrogens with one attached hydrogen (secondary N) is 2. The summed E-state index contributed by atoms with van der Waals surface area (Å²) in [6, 6.07) is 6.06. The molecule has 29 heavy (non-hydrogen) atoms. The summed E-state index contributed by atoms with van der Waals surface area (Å²) in [7, 11) is -0.283. The Hall–Kier alpha value is -3.46. The molecule has 152 valence electrons. The number of hydrogen-bond donors (Lipinski definition) is 2. The van der Waals surface area contributed by atoms with Gasteiger partial charge in [-0.15, -0.1) is 0 Å². The molecule has 0 aliphatic heterocycles. The van der Waals surface area contributed by atoms with Crippen molar-refractivity contribution >= 4 is 21.6 Å². The van der Waals surface area contributed by atoms with Gasteiger partial charge in [-0.25, -0.2) is 13.4 Å². The number of hydrogen-bond acceptors (Lipinski definition) is 7. The van der Waals surface area contributed by atoms with E-state index in [-0.39, 0.29) is 22.2 Å². The fraction of sp³-hybridized carbons (Fsp3) is 0.150. The second-order valence-corrected chi connectivity index (χ2v) is 7.89. The van der Waals surface area contributed by atoms with Gasteiger partial charge in [0.25, 0.3) is 5.91 Å². The quantitative estimate of drug-likeness (QED) is 0.479. The standard InChI is InChI=1S/C20H23N5O3S/c1-5-15(14-25(4)6-2)20(26)24-11-16-7-8-17(12-22-16)29(27,28)18-9-10-19(21-3)23-13-18/h5-10,12-14H,1-2,11H2,3-4H3,(H,21,23)(H,24,26)/b15-14+. The number of nitrogens with zero attached hydrogens (tertiary/aromatic N) is 3. The van der Waals surface area contributed by atoms with Gasteiger partial charge in [0.1, 0.15) is 5.82 Å². The van der Waals surface area contributed by atoms with E-state index in [4.69, 9.17) is 0 Å². The van der Waals surface area contributed by atoms with Gasteiger partial charge in [-0.05, 0) is 30.5 Å². The van der Waals surface area contributed by atoms with E-state index in [0.29, 0.717) is 17.1 Å². The maximum absolute atomic E-state index is 12.7. The normalized spacial score (nSPS) is 11.4. The Morgan fingerprint density at radius 1 is 1.14 bits per heavy atom. The predicted molar refractivity (Wildman–Crippen MR) is 112 cm³/mol. The Bertz CT molecular complexity index is 1010. The molecule has 0 bridgehead atoms. The number of carbonyl (C=O) groups is 1.